The summed E-state index contributed by atoms with van der Waals surface area (Å²) in [6, 6.07) is 1.33. The molecule has 0 aromatic heterocycles. The summed E-state index contributed by atoms with van der Waals surface area (Å²) in [6.45, 7) is 0. The molecule has 0 radical (unpaired) electrons. The van der Waals surface area contributed by atoms with Crippen LogP contribution in [0.5, 0.6) is 5.75 Å². The van der Waals surface area contributed by atoms with E-state index in [0.29, 0.717) is 6.07 Å². The Morgan fingerprint density at radius 2 is 1.73 bits per heavy atom. The maximum absolute atomic E-state index is 12.3. The molecule has 0 bridgehead atoms. The Labute approximate surface area is 89.7 Å². The van der Waals surface area contributed by atoms with E-state index in [1.54, 1.807) is 0 Å². The van der Waals surface area contributed by atoms with Crippen LogP contribution in [0.1, 0.15) is 17.6 Å². The van der Waals surface area contributed by atoms with Gasteiger partial charge in [0.05, 0.1) is 0 Å². The Balaban J connectivity index is 3.44. The van der Waals surface area contributed by atoms with Crippen LogP contribution in [0.4, 0.5) is 22.0 Å². The van der Waals surface area contributed by atoms with Crippen molar-refractivity contribution in [2.45, 2.75) is 12.6 Å². The fourth-order valence-corrected chi connectivity index (χ4v) is 1.75. The van der Waals surface area contributed by atoms with Gasteiger partial charge in [0.15, 0.2) is 0 Å². The molecule has 15 heavy (non-hydrogen) atoms. The molecule has 0 spiro atoms. The Kier molecular flexibility index (Phi) is 3.22. The van der Waals surface area contributed by atoms with Crippen LogP contribution in [-0.2, 0) is 6.18 Å². The molecule has 7 heteroatoms. The van der Waals surface area contributed by atoms with Crippen molar-refractivity contribution in [3.63, 3.8) is 0 Å². The maximum atomic E-state index is 12.3. The van der Waals surface area contributed by atoms with Crippen molar-refractivity contribution >= 4 is 15.9 Å². The van der Waals surface area contributed by atoms with Crippen LogP contribution in [0.25, 0.3) is 0 Å². The topological polar surface area (TPSA) is 20.2 Å². The van der Waals surface area contributed by atoms with Crippen LogP contribution in [0, 0.1) is 0 Å². The molecule has 0 aliphatic rings. The van der Waals surface area contributed by atoms with Crippen molar-refractivity contribution < 1.29 is 27.1 Å². The lowest BCUT2D eigenvalue weighted by Gasteiger charge is -2.13. The number of aromatic hydroxyl groups is 1. The van der Waals surface area contributed by atoms with E-state index in [4.69, 9.17) is 5.11 Å². The number of phenols is 1. The van der Waals surface area contributed by atoms with Gasteiger partial charge in [0, 0.05) is 10.0 Å². The molecule has 1 rings (SSSR count). The lowest BCUT2D eigenvalue weighted by atomic mass is 10.1. The average molecular weight is 291 g/mol. The number of hydrogen-bond donors (Lipinski definition) is 1. The second-order valence-corrected chi connectivity index (χ2v) is 3.45. The highest BCUT2D eigenvalue weighted by atomic mass is 79.9. The van der Waals surface area contributed by atoms with E-state index >= 15 is 0 Å². The normalized spacial score (nSPS) is 12.2. The Hall–Kier alpha value is -0.850. The monoisotopic (exact) mass is 290 g/mol. The van der Waals surface area contributed by atoms with Gasteiger partial charge in [-0.15, -0.1) is 0 Å². The zero-order chi connectivity index (χ0) is 11.8. The van der Waals surface area contributed by atoms with E-state index in [2.05, 4.69) is 15.9 Å². The molecule has 1 aromatic carbocycles. The Bertz CT molecular complexity index is 374. The molecule has 0 aliphatic carbocycles. The molecule has 0 amide bonds. The zero-order valence-corrected chi connectivity index (χ0v) is 8.53. The summed E-state index contributed by atoms with van der Waals surface area (Å²) < 4.78 is 60.6. The van der Waals surface area contributed by atoms with Crippen molar-refractivity contribution in [2.24, 2.45) is 0 Å². The summed E-state index contributed by atoms with van der Waals surface area (Å²) in [6.07, 6.45) is -7.92. The van der Waals surface area contributed by atoms with Crippen molar-refractivity contribution in [2.75, 3.05) is 0 Å². The largest absolute Gasteiger partial charge is 0.507 e. The van der Waals surface area contributed by atoms with Crippen molar-refractivity contribution in [3.05, 3.63) is 27.7 Å². The lowest BCUT2D eigenvalue weighted by Crippen LogP contribution is -2.08. The van der Waals surface area contributed by atoms with Gasteiger partial charge in [-0.05, 0) is 28.1 Å². The first-order valence-electron chi connectivity index (χ1n) is 3.62. The SMILES string of the molecule is Oc1ccc(C(F)F)c(Br)c1C(F)(F)F. The number of rotatable bonds is 1. The molecule has 0 heterocycles. The number of benzene rings is 1. The van der Waals surface area contributed by atoms with E-state index in [0.717, 1.165) is 6.07 Å². The van der Waals surface area contributed by atoms with E-state index in [1.807, 2.05) is 0 Å². The molecule has 0 unspecified atom stereocenters. The molecular weight excluding hydrogens is 287 g/mol. The number of halogens is 6. The minimum absolute atomic E-state index is 0.592. The van der Waals surface area contributed by atoms with Crippen molar-refractivity contribution in [1.29, 1.82) is 0 Å². The maximum Gasteiger partial charge on any atom is 0.421 e. The molecular formula is C8H4BrF5O. The Morgan fingerprint density at radius 1 is 1.20 bits per heavy atom. The first-order valence-corrected chi connectivity index (χ1v) is 4.41. The highest BCUT2D eigenvalue weighted by Crippen LogP contribution is 2.44. The summed E-state index contributed by atoms with van der Waals surface area (Å²) >= 11 is 2.41. The van der Waals surface area contributed by atoms with Crippen molar-refractivity contribution in [3.8, 4) is 5.75 Å². The van der Waals surface area contributed by atoms with Gasteiger partial charge >= 0.3 is 6.18 Å². The fraction of sp³-hybridized carbons (Fsp3) is 0.250. The van der Waals surface area contributed by atoms with Crippen LogP contribution in [0.15, 0.2) is 16.6 Å². The van der Waals surface area contributed by atoms with E-state index < -0.39 is 34.0 Å². The third kappa shape index (κ3) is 2.39. The molecule has 0 saturated heterocycles. The fourth-order valence-electron chi connectivity index (χ4n) is 1.02. The molecule has 0 atom stereocenters. The molecule has 0 saturated carbocycles. The van der Waals surface area contributed by atoms with Gasteiger partial charge in [-0.3, -0.25) is 0 Å². The third-order valence-electron chi connectivity index (χ3n) is 1.67. The molecule has 1 aromatic rings. The van der Waals surface area contributed by atoms with Gasteiger partial charge < -0.3 is 5.11 Å². The lowest BCUT2D eigenvalue weighted by molar-refractivity contribution is -0.139. The molecule has 1 nitrogen and oxygen atoms in total. The van der Waals surface area contributed by atoms with E-state index in [1.165, 1.54) is 0 Å². The van der Waals surface area contributed by atoms with E-state index in [-0.39, 0.29) is 0 Å². The van der Waals surface area contributed by atoms with E-state index in [9.17, 15) is 22.0 Å². The molecule has 1 N–H and O–H groups in total. The summed E-state index contributed by atoms with van der Waals surface area (Å²) in [4.78, 5) is 0. The quantitative estimate of drug-likeness (QED) is 0.772. The van der Waals surface area contributed by atoms with Crippen LogP contribution in [-0.4, -0.2) is 5.11 Å². The smallest absolute Gasteiger partial charge is 0.421 e. The first-order chi connectivity index (χ1) is 6.75. The first kappa shape index (κ1) is 12.2. The van der Waals surface area contributed by atoms with Crippen LogP contribution in [0.2, 0.25) is 0 Å². The molecule has 0 fully saturated rings. The van der Waals surface area contributed by atoms with Crippen molar-refractivity contribution in [1.82, 2.24) is 0 Å². The standard InChI is InChI=1S/C8H4BrF5O/c9-6-3(7(10)11)1-2-4(15)5(6)8(12,13)14/h1-2,7,15H. The second kappa shape index (κ2) is 3.96. The van der Waals surface area contributed by atoms with Crippen LogP contribution in [0.3, 0.4) is 0 Å². The van der Waals surface area contributed by atoms with Gasteiger partial charge in [0.1, 0.15) is 11.3 Å². The number of hydrogen-bond acceptors (Lipinski definition) is 1. The van der Waals surface area contributed by atoms with Crippen LogP contribution < -0.4 is 0 Å². The van der Waals surface area contributed by atoms with Crippen LogP contribution >= 0.6 is 15.9 Å². The third-order valence-corrected chi connectivity index (χ3v) is 2.52. The summed E-state index contributed by atoms with van der Waals surface area (Å²) in [7, 11) is 0. The number of alkyl halides is 5. The zero-order valence-electron chi connectivity index (χ0n) is 6.95. The molecule has 84 valence electrons. The predicted octanol–water partition coefficient (Wildman–Crippen LogP) is 4.11. The minimum atomic E-state index is -4.88. The summed E-state index contributed by atoms with van der Waals surface area (Å²) in [5.41, 5.74) is -2.29. The minimum Gasteiger partial charge on any atom is -0.507 e. The predicted molar refractivity (Wildman–Crippen MR) is 45.8 cm³/mol. The molecule has 0 aliphatic heterocycles. The highest BCUT2D eigenvalue weighted by molar-refractivity contribution is 9.10. The van der Waals surface area contributed by atoms with Gasteiger partial charge in [-0.1, -0.05) is 0 Å². The Morgan fingerprint density at radius 3 is 2.13 bits per heavy atom. The van der Waals surface area contributed by atoms with Gasteiger partial charge in [-0.25, -0.2) is 8.78 Å². The highest BCUT2D eigenvalue weighted by Gasteiger charge is 2.38. The summed E-state index contributed by atoms with van der Waals surface area (Å²) in [5, 5.41) is 8.94. The summed E-state index contributed by atoms with van der Waals surface area (Å²) in [5.74, 6) is -1.08. The second-order valence-electron chi connectivity index (χ2n) is 2.66. The van der Waals surface area contributed by atoms with Gasteiger partial charge in [0.25, 0.3) is 6.43 Å². The average Bonchev–Trinajstić information content (AvgIpc) is 2.00. The van der Waals surface area contributed by atoms with Gasteiger partial charge in [-0.2, -0.15) is 13.2 Å². The van der Waals surface area contributed by atoms with Gasteiger partial charge in [0.2, 0.25) is 0 Å². The number of phenolic OH excluding ortho intramolecular Hbond substituents is 1.